The van der Waals surface area contributed by atoms with Gasteiger partial charge < -0.3 is 10.5 Å². The van der Waals surface area contributed by atoms with Crippen molar-refractivity contribution in [2.24, 2.45) is 0 Å². The molecule has 0 spiro atoms. The molecule has 2 N–H and O–H groups in total. The van der Waals surface area contributed by atoms with E-state index in [0.717, 1.165) is 0 Å². The van der Waals surface area contributed by atoms with Crippen molar-refractivity contribution in [2.45, 2.75) is 0 Å². The van der Waals surface area contributed by atoms with Gasteiger partial charge in [-0.25, -0.2) is 4.98 Å². The van der Waals surface area contributed by atoms with Gasteiger partial charge in [-0.05, 0) is 18.2 Å². The second-order valence-corrected chi connectivity index (χ2v) is 4.74. The number of benzene rings is 1. The average molecular weight is 304 g/mol. The van der Waals surface area contributed by atoms with E-state index < -0.39 is 0 Å². The number of hydrogen-bond donors (Lipinski definition) is 1. The molecule has 0 amide bonds. The first-order chi connectivity index (χ1) is 8.54. The number of nitrogens with two attached hydrogens (primary N) is 1. The van der Waals surface area contributed by atoms with Crippen molar-refractivity contribution in [1.82, 2.24) is 4.98 Å². The molecule has 1 heterocycles. The van der Waals surface area contributed by atoms with Gasteiger partial charge in [0.25, 0.3) is 0 Å². The molecule has 0 aliphatic rings. The topological polar surface area (TPSA) is 48.1 Å². The Labute approximate surface area is 119 Å². The molecule has 0 radical (unpaired) electrons. The fourth-order valence-electron chi connectivity index (χ4n) is 1.58. The van der Waals surface area contributed by atoms with Gasteiger partial charge in [0.05, 0.1) is 34.1 Å². The lowest BCUT2D eigenvalue weighted by Crippen LogP contribution is -1.95. The standard InChI is InChI=1S/C12H9Cl3N2O/c1-18-12-7(4-6(16)5-17-12)10-8(13)2-3-9(14)11(10)15/h2-5H,16H2,1H3. The molecule has 18 heavy (non-hydrogen) atoms. The number of nitrogen functional groups attached to an aromatic ring is 1. The molecule has 0 aliphatic carbocycles. The van der Waals surface area contributed by atoms with Gasteiger partial charge in [-0.3, -0.25) is 0 Å². The number of rotatable bonds is 2. The van der Waals surface area contributed by atoms with Crippen LogP contribution in [-0.4, -0.2) is 12.1 Å². The van der Waals surface area contributed by atoms with Crippen LogP contribution in [0.5, 0.6) is 5.88 Å². The Morgan fingerprint density at radius 1 is 1.17 bits per heavy atom. The van der Waals surface area contributed by atoms with Gasteiger partial charge in [0, 0.05) is 11.1 Å². The lowest BCUT2D eigenvalue weighted by molar-refractivity contribution is 0.400. The Balaban J connectivity index is 2.76. The normalized spacial score (nSPS) is 10.4. The smallest absolute Gasteiger partial charge is 0.221 e. The minimum atomic E-state index is 0.342. The summed E-state index contributed by atoms with van der Waals surface area (Å²) in [6, 6.07) is 4.98. The molecular weight excluding hydrogens is 295 g/mol. The van der Waals surface area contributed by atoms with Gasteiger partial charge in [0.15, 0.2) is 0 Å². The molecule has 2 aromatic rings. The molecule has 0 aliphatic heterocycles. The van der Waals surface area contributed by atoms with Crippen molar-refractivity contribution in [3.05, 3.63) is 39.5 Å². The van der Waals surface area contributed by atoms with E-state index in [9.17, 15) is 0 Å². The van der Waals surface area contributed by atoms with Crippen LogP contribution in [0.25, 0.3) is 11.1 Å². The molecule has 6 heteroatoms. The molecule has 0 saturated carbocycles. The van der Waals surface area contributed by atoms with Crippen LogP contribution >= 0.6 is 34.8 Å². The van der Waals surface area contributed by atoms with Gasteiger partial charge in [0.2, 0.25) is 5.88 Å². The largest absolute Gasteiger partial charge is 0.481 e. The highest BCUT2D eigenvalue weighted by Gasteiger charge is 2.17. The van der Waals surface area contributed by atoms with Crippen LogP contribution in [0.1, 0.15) is 0 Å². The molecule has 1 aromatic heterocycles. The Bertz CT molecular complexity index is 602. The highest BCUT2D eigenvalue weighted by Crippen LogP contribution is 2.42. The Morgan fingerprint density at radius 2 is 1.83 bits per heavy atom. The van der Waals surface area contributed by atoms with E-state index in [1.54, 1.807) is 18.2 Å². The number of aromatic nitrogens is 1. The Morgan fingerprint density at radius 3 is 2.50 bits per heavy atom. The van der Waals surface area contributed by atoms with Crippen molar-refractivity contribution in [3.8, 4) is 17.0 Å². The van der Waals surface area contributed by atoms with E-state index in [1.165, 1.54) is 13.3 Å². The van der Waals surface area contributed by atoms with E-state index in [1.807, 2.05) is 0 Å². The summed E-state index contributed by atoms with van der Waals surface area (Å²) in [4.78, 5) is 4.08. The molecule has 0 unspecified atom stereocenters. The third-order valence-electron chi connectivity index (χ3n) is 2.38. The van der Waals surface area contributed by atoms with E-state index in [4.69, 9.17) is 45.3 Å². The molecule has 0 saturated heterocycles. The minimum absolute atomic E-state index is 0.342. The summed E-state index contributed by atoms with van der Waals surface area (Å²) in [6.07, 6.45) is 1.49. The second kappa shape index (κ2) is 5.22. The quantitative estimate of drug-likeness (QED) is 0.841. The van der Waals surface area contributed by atoms with Gasteiger partial charge in [0.1, 0.15) is 0 Å². The first-order valence-corrected chi connectivity index (χ1v) is 6.11. The summed E-state index contributed by atoms with van der Waals surface area (Å²) >= 11 is 18.3. The SMILES string of the molecule is COc1ncc(N)cc1-c1c(Cl)ccc(Cl)c1Cl. The third-order valence-corrected chi connectivity index (χ3v) is 3.50. The van der Waals surface area contributed by atoms with Crippen LogP contribution in [-0.2, 0) is 0 Å². The summed E-state index contributed by atoms with van der Waals surface area (Å²) in [7, 11) is 1.51. The van der Waals surface area contributed by atoms with Crippen molar-refractivity contribution in [2.75, 3.05) is 12.8 Å². The van der Waals surface area contributed by atoms with Gasteiger partial charge in [-0.2, -0.15) is 0 Å². The first-order valence-electron chi connectivity index (χ1n) is 4.98. The van der Waals surface area contributed by atoms with Crippen molar-refractivity contribution >= 4 is 40.5 Å². The van der Waals surface area contributed by atoms with Crippen LogP contribution in [0.4, 0.5) is 5.69 Å². The predicted molar refractivity (Wildman–Crippen MR) is 75.7 cm³/mol. The number of halogens is 3. The molecule has 0 bridgehead atoms. The second-order valence-electron chi connectivity index (χ2n) is 3.54. The molecule has 3 nitrogen and oxygen atoms in total. The molecule has 1 aromatic carbocycles. The van der Waals surface area contributed by atoms with E-state index in [-0.39, 0.29) is 0 Å². The van der Waals surface area contributed by atoms with Crippen LogP contribution in [0.2, 0.25) is 15.1 Å². The number of nitrogens with zero attached hydrogens (tertiary/aromatic N) is 1. The van der Waals surface area contributed by atoms with Crippen molar-refractivity contribution in [1.29, 1.82) is 0 Å². The lowest BCUT2D eigenvalue weighted by Gasteiger charge is -2.12. The maximum absolute atomic E-state index is 6.17. The zero-order valence-corrected chi connectivity index (χ0v) is 11.6. The highest BCUT2D eigenvalue weighted by atomic mass is 35.5. The van der Waals surface area contributed by atoms with Gasteiger partial charge in [-0.15, -0.1) is 0 Å². The summed E-state index contributed by atoms with van der Waals surface area (Å²) in [5.74, 6) is 0.385. The molecule has 94 valence electrons. The summed E-state index contributed by atoms with van der Waals surface area (Å²) in [5, 5.41) is 1.20. The number of pyridine rings is 1. The maximum Gasteiger partial charge on any atom is 0.221 e. The molecular formula is C12H9Cl3N2O. The monoisotopic (exact) mass is 302 g/mol. The van der Waals surface area contributed by atoms with Crippen LogP contribution in [0.3, 0.4) is 0 Å². The van der Waals surface area contributed by atoms with Crippen LogP contribution in [0, 0.1) is 0 Å². The van der Waals surface area contributed by atoms with E-state index in [2.05, 4.69) is 4.98 Å². The Kier molecular flexibility index (Phi) is 3.85. The number of hydrogen-bond acceptors (Lipinski definition) is 3. The van der Waals surface area contributed by atoms with Gasteiger partial charge >= 0.3 is 0 Å². The average Bonchev–Trinajstić information content (AvgIpc) is 2.35. The molecule has 0 atom stereocenters. The predicted octanol–water partition coefficient (Wildman–Crippen LogP) is 4.30. The van der Waals surface area contributed by atoms with Crippen molar-refractivity contribution < 1.29 is 4.74 Å². The van der Waals surface area contributed by atoms with Crippen molar-refractivity contribution in [3.63, 3.8) is 0 Å². The zero-order valence-electron chi connectivity index (χ0n) is 9.38. The van der Waals surface area contributed by atoms with E-state index >= 15 is 0 Å². The molecule has 0 fully saturated rings. The first kappa shape index (κ1) is 13.3. The summed E-state index contributed by atoms with van der Waals surface area (Å²) in [6.45, 7) is 0. The maximum atomic E-state index is 6.17. The van der Waals surface area contributed by atoms with Gasteiger partial charge in [-0.1, -0.05) is 34.8 Å². The Hall–Kier alpha value is -1.16. The fourth-order valence-corrected chi connectivity index (χ4v) is 2.32. The van der Waals surface area contributed by atoms with Crippen LogP contribution < -0.4 is 10.5 Å². The highest BCUT2D eigenvalue weighted by molar-refractivity contribution is 6.46. The lowest BCUT2D eigenvalue weighted by atomic mass is 10.1. The van der Waals surface area contributed by atoms with Crippen LogP contribution in [0.15, 0.2) is 24.4 Å². The zero-order chi connectivity index (χ0) is 13.3. The molecule has 2 rings (SSSR count). The fraction of sp³-hybridized carbons (Fsp3) is 0.0833. The number of methoxy groups -OCH3 is 1. The number of ether oxygens (including phenoxy) is 1. The van der Waals surface area contributed by atoms with E-state index in [0.29, 0.717) is 37.8 Å². The number of anilines is 1. The summed E-state index contributed by atoms with van der Waals surface area (Å²) in [5.41, 5.74) is 7.37. The minimum Gasteiger partial charge on any atom is -0.481 e. The summed E-state index contributed by atoms with van der Waals surface area (Å²) < 4.78 is 5.18. The third kappa shape index (κ3) is 2.34.